The summed E-state index contributed by atoms with van der Waals surface area (Å²) in [6, 6.07) is 5.72. The lowest BCUT2D eigenvalue weighted by atomic mass is 9.80. The van der Waals surface area contributed by atoms with Gasteiger partial charge in [-0.25, -0.2) is 0 Å². The maximum Gasteiger partial charge on any atom is 0.246 e. The lowest BCUT2D eigenvalue weighted by Crippen LogP contribution is -2.73. The smallest absolute Gasteiger partial charge is 0.246 e. The summed E-state index contributed by atoms with van der Waals surface area (Å²) in [6.07, 6.45) is 4.15. The molecule has 3 heterocycles. The molecular formula is C25H37N3O4. The minimum Gasteiger partial charge on any atom is -0.486 e. The number of rotatable bonds is 7. The second-order valence-electron chi connectivity index (χ2n) is 9.47. The molecule has 0 aliphatic carbocycles. The number of benzene rings is 1. The van der Waals surface area contributed by atoms with Crippen molar-refractivity contribution in [3.8, 4) is 11.5 Å². The average molecular weight is 444 g/mol. The molecule has 7 nitrogen and oxygen atoms in total. The van der Waals surface area contributed by atoms with Crippen LogP contribution in [-0.4, -0.2) is 66.0 Å². The highest BCUT2D eigenvalue weighted by Gasteiger charge is 2.53. The van der Waals surface area contributed by atoms with Crippen molar-refractivity contribution in [3.05, 3.63) is 23.8 Å². The maximum absolute atomic E-state index is 13.4. The second kappa shape index (κ2) is 9.69. The van der Waals surface area contributed by atoms with Crippen LogP contribution in [0.2, 0.25) is 0 Å². The van der Waals surface area contributed by atoms with Gasteiger partial charge in [-0.3, -0.25) is 14.5 Å². The molecule has 1 N–H and O–H groups in total. The van der Waals surface area contributed by atoms with Gasteiger partial charge in [0.15, 0.2) is 11.5 Å². The number of nitrogens with one attached hydrogen (secondary N) is 1. The van der Waals surface area contributed by atoms with Crippen LogP contribution in [-0.2, 0) is 16.1 Å². The highest BCUT2D eigenvalue weighted by Crippen LogP contribution is 2.36. The first-order valence-electron chi connectivity index (χ1n) is 12.2. The third kappa shape index (κ3) is 4.32. The Morgan fingerprint density at radius 2 is 1.84 bits per heavy atom. The van der Waals surface area contributed by atoms with Crippen LogP contribution in [0.25, 0.3) is 0 Å². The zero-order chi connectivity index (χ0) is 22.7. The summed E-state index contributed by atoms with van der Waals surface area (Å²) in [4.78, 5) is 31.1. The van der Waals surface area contributed by atoms with Crippen LogP contribution in [0.3, 0.4) is 0 Å². The van der Waals surface area contributed by atoms with Crippen LogP contribution in [0.5, 0.6) is 11.5 Å². The summed E-state index contributed by atoms with van der Waals surface area (Å²) < 4.78 is 11.3. The van der Waals surface area contributed by atoms with Gasteiger partial charge >= 0.3 is 0 Å². The van der Waals surface area contributed by atoms with Crippen LogP contribution >= 0.6 is 0 Å². The van der Waals surface area contributed by atoms with Crippen molar-refractivity contribution in [2.45, 2.75) is 71.0 Å². The molecule has 2 atom stereocenters. The summed E-state index contributed by atoms with van der Waals surface area (Å²) >= 11 is 0. The van der Waals surface area contributed by atoms with E-state index in [0.29, 0.717) is 32.6 Å². The van der Waals surface area contributed by atoms with Crippen molar-refractivity contribution in [1.82, 2.24) is 15.1 Å². The van der Waals surface area contributed by atoms with E-state index < -0.39 is 11.6 Å². The zero-order valence-electron chi connectivity index (χ0n) is 19.7. The van der Waals surface area contributed by atoms with Crippen molar-refractivity contribution < 1.29 is 19.1 Å². The molecule has 2 amide bonds. The normalized spacial score (nSPS) is 23.8. The fraction of sp³-hybridized carbons (Fsp3) is 0.680. The number of ether oxygens (including phenoxy) is 2. The molecule has 3 aliphatic heterocycles. The first kappa shape index (κ1) is 22.9. The van der Waals surface area contributed by atoms with E-state index in [0.717, 1.165) is 50.4 Å². The molecule has 7 heteroatoms. The highest BCUT2D eigenvalue weighted by atomic mass is 16.6. The van der Waals surface area contributed by atoms with Crippen molar-refractivity contribution >= 4 is 11.8 Å². The molecule has 32 heavy (non-hydrogen) atoms. The van der Waals surface area contributed by atoms with E-state index in [1.807, 2.05) is 11.0 Å². The van der Waals surface area contributed by atoms with Gasteiger partial charge in [-0.05, 0) is 42.9 Å². The molecule has 0 aromatic heterocycles. The first-order valence-corrected chi connectivity index (χ1v) is 12.2. The maximum atomic E-state index is 13.4. The van der Waals surface area contributed by atoms with Gasteiger partial charge in [-0.15, -0.1) is 0 Å². The van der Waals surface area contributed by atoms with Gasteiger partial charge in [-0.1, -0.05) is 39.7 Å². The monoisotopic (exact) mass is 443 g/mol. The number of piperazine rings is 1. The molecule has 0 saturated carbocycles. The zero-order valence-corrected chi connectivity index (χ0v) is 19.7. The lowest BCUT2D eigenvalue weighted by Gasteiger charge is -2.52. The fourth-order valence-corrected chi connectivity index (χ4v) is 5.12. The number of hydrogen-bond donors (Lipinski definition) is 1. The summed E-state index contributed by atoms with van der Waals surface area (Å²) in [5.41, 5.74) is 0.466. The topological polar surface area (TPSA) is 71.1 Å². The van der Waals surface area contributed by atoms with E-state index in [-0.39, 0.29) is 17.7 Å². The van der Waals surface area contributed by atoms with E-state index in [9.17, 15) is 9.59 Å². The van der Waals surface area contributed by atoms with Crippen molar-refractivity contribution in [1.29, 1.82) is 0 Å². The van der Waals surface area contributed by atoms with Crippen LogP contribution in [0.4, 0.5) is 0 Å². The lowest BCUT2D eigenvalue weighted by molar-refractivity contribution is -0.162. The van der Waals surface area contributed by atoms with Crippen LogP contribution < -0.4 is 14.8 Å². The molecule has 2 fully saturated rings. The van der Waals surface area contributed by atoms with Gasteiger partial charge in [0.25, 0.3) is 0 Å². The fourth-order valence-electron chi connectivity index (χ4n) is 5.12. The number of nitrogens with zero attached hydrogens (tertiary/aromatic N) is 2. The summed E-state index contributed by atoms with van der Waals surface area (Å²) in [6.45, 7) is 10.5. The average Bonchev–Trinajstić information content (AvgIpc) is 2.82. The molecule has 4 rings (SSSR count). The Hall–Kier alpha value is -2.28. The SMILES string of the molecule is CCCCN1C(=O)[C@H]([C@@H](C)CC)NC(=O)C12CCN(Cc1ccc3c(c1)OCCO3)CC2. The number of hydrogen-bond acceptors (Lipinski definition) is 5. The number of fused-ring (bicyclic) bond motifs is 1. The van der Waals surface area contributed by atoms with E-state index in [1.54, 1.807) is 0 Å². The molecule has 0 radical (unpaired) electrons. The van der Waals surface area contributed by atoms with E-state index in [4.69, 9.17) is 9.47 Å². The Balaban J connectivity index is 1.46. The Labute approximate surface area is 191 Å². The van der Waals surface area contributed by atoms with Gasteiger partial charge in [0, 0.05) is 26.2 Å². The molecular weight excluding hydrogens is 406 g/mol. The standard InChI is InChI=1S/C25H37N3O4/c1-4-6-11-28-23(29)22(18(3)5-2)26-24(30)25(28)9-12-27(13-10-25)17-19-7-8-20-21(16-19)32-15-14-31-20/h7-8,16,18,22H,4-6,9-15,17H2,1-3H3,(H,26,30)/t18-,22-/m0/s1. The van der Waals surface area contributed by atoms with E-state index >= 15 is 0 Å². The number of piperidine rings is 1. The second-order valence-corrected chi connectivity index (χ2v) is 9.47. The van der Waals surface area contributed by atoms with E-state index in [1.165, 1.54) is 5.56 Å². The predicted molar refractivity (Wildman–Crippen MR) is 123 cm³/mol. The molecule has 1 spiro atoms. The third-order valence-corrected chi connectivity index (χ3v) is 7.40. The third-order valence-electron chi connectivity index (χ3n) is 7.40. The molecule has 176 valence electrons. The summed E-state index contributed by atoms with van der Waals surface area (Å²) in [5, 5.41) is 3.10. The van der Waals surface area contributed by atoms with E-state index in [2.05, 4.69) is 43.1 Å². The van der Waals surface area contributed by atoms with Crippen molar-refractivity contribution in [2.24, 2.45) is 5.92 Å². The van der Waals surface area contributed by atoms with Crippen molar-refractivity contribution in [3.63, 3.8) is 0 Å². The highest BCUT2D eigenvalue weighted by molar-refractivity contribution is 6.00. The first-order chi connectivity index (χ1) is 15.5. The number of carbonyl (C=O) groups is 2. The Morgan fingerprint density at radius 1 is 1.12 bits per heavy atom. The van der Waals surface area contributed by atoms with Gasteiger partial charge in [0.1, 0.15) is 24.8 Å². The molecule has 0 bridgehead atoms. The molecule has 1 aromatic rings. The van der Waals surface area contributed by atoms with Crippen molar-refractivity contribution in [2.75, 3.05) is 32.8 Å². The Morgan fingerprint density at radius 3 is 2.53 bits per heavy atom. The summed E-state index contributed by atoms with van der Waals surface area (Å²) in [5.74, 6) is 1.90. The molecule has 0 unspecified atom stereocenters. The quantitative estimate of drug-likeness (QED) is 0.702. The summed E-state index contributed by atoms with van der Waals surface area (Å²) in [7, 11) is 0. The number of amides is 2. The minimum atomic E-state index is -0.709. The Bertz CT molecular complexity index is 834. The van der Waals surface area contributed by atoms with Crippen LogP contribution in [0.1, 0.15) is 58.4 Å². The number of unbranched alkanes of at least 4 members (excludes halogenated alkanes) is 1. The van der Waals surface area contributed by atoms with Gasteiger partial charge in [0.2, 0.25) is 11.8 Å². The van der Waals surface area contributed by atoms with Gasteiger partial charge in [0.05, 0.1) is 0 Å². The molecule has 1 aromatic carbocycles. The van der Waals surface area contributed by atoms with Gasteiger partial charge < -0.3 is 19.7 Å². The number of carbonyl (C=O) groups excluding carboxylic acids is 2. The van der Waals surface area contributed by atoms with Crippen LogP contribution in [0.15, 0.2) is 18.2 Å². The predicted octanol–water partition coefficient (Wildman–Crippen LogP) is 2.97. The Kier molecular flexibility index (Phi) is 6.93. The largest absolute Gasteiger partial charge is 0.486 e. The molecule has 2 saturated heterocycles. The number of likely N-dealkylation sites (tertiary alicyclic amines) is 1. The van der Waals surface area contributed by atoms with Gasteiger partial charge in [-0.2, -0.15) is 0 Å². The minimum absolute atomic E-state index is 0.0393. The van der Waals surface area contributed by atoms with Crippen LogP contribution in [0, 0.1) is 5.92 Å². The molecule has 3 aliphatic rings.